The lowest BCUT2D eigenvalue weighted by atomic mass is 9.81. The molecule has 0 fully saturated rings. The van der Waals surface area contributed by atoms with Crippen LogP contribution in [0.1, 0.15) is 55.9 Å². The maximum absolute atomic E-state index is 4.93. The molecule has 1 aliphatic carbocycles. The van der Waals surface area contributed by atoms with E-state index < -0.39 is 0 Å². The van der Waals surface area contributed by atoms with Crippen molar-refractivity contribution in [2.75, 3.05) is 0 Å². The lowest BCUT2D eigenvalue weighted by Gasteiger charge is -2.21. The van der Waals surface area contributed by atoms with Crippen molar-refractivity contribution in [1.82, 2.24) is 0 Å². The number of allylic oxidation sites excluding steroid dienone is 5. The molecule has 2 aromatic heterocycles. The van der Waals surface area contributed by atoms with Crippen molar-refractivity contribution in [2.24, 2.45) is 0 Å². The molecule has 1 atom stereocenters. The Kier molecular flexibility index (Phi) is 5.90. The van der Waals surface area contributed by atoms with Gasteiger partial charge in [-0.3, -0.25) is 0 Å². The molecule has 6 bridgehead atoms. The Hall–Kier alpha value is -5.01. The fraction of sp³-hybridized carbons (Fsp3) is 0.140. The average molecular weight is 567 g/mol. The number of nitrogens with zero attached hydrogens (tertiary/aromatic N) is 1. The summed E-state index contributed by atoms with van der Waals surface area (Å²) in [7, 11) is 0. The van der Waals surface area contributed by atoms with Crippen molar-refractivity contribution in [3.8, 4) is 0 Å². The molecule has 0 saturated heterocycles. The Morgan fingerprint density at radius 3 is 2.07 bits per heavy atom. The van der Waals surface area contributed by atoms with E-state index in [4.69, 9.17) is 6.58 Å². The van der Waals surface area contributed by atoms with Gasteiger partial charge < -0.3 is 0 Å². The van der Waals surface area contributed by atoms with Crippen LogP contribution < -0.4 is 9.75 Å². The molecule has 1 nitrogen and oxygen atoms in total. The van der Waals surface area contributed by atoms with E-state index in [9.17, 15) is 0 Å². The first-order chi connectivity index (χ1) is 21.3. The second-order valence-electron chi connectivity index (χ2n) is 13.3. The van der Waals surface area contributed by atoms with Gasteiger partial charge in [0.25, 0.3) is 0 Å². The lowest BCUT2D eigenvalue weighted by Crippen LogP contribution is -2.40. The zero-order valence-corrected chi connectivity index (χ0v) is 25.9. The lowest BCUT2D eigenvalue weighted by molar-refractivity contribution is -0.523. The van der Waals surface area contributed by atoms with Gasteiger partial charge in [0.05, 0.1) is 10.8 Å². The summed E-state index contributed by atoms with van der Waals surface area (Å²) in [6.07, 6.45) is 13.4. The molecule has 7 aromatic rings. The molecule has 44 heavy (non-hydrogen) atoms. The van der Waals surface area contributed by atoms with Crippen molar-refractivity contribution < 1.29 is 4.40 Å². The zero-order chi connectivity index (χ0) is 30.2. The molecule has 5 aromatic carbocycles. The summed E-state index contributed by atoms with van der Waals surface area (Å²) in [6, 6.07) is 34.0. The summed E-state index contributed by atoms with van der Waals surface area (Å²) in [5, 5.41) is 11.1. The van der Waals surface area contributed by atoms with Crippen LogP contribution in [0.3, 0.4) is 0 Å². The van der Waals surface area contributed by atoms with Crippen LogP contribution in [0.2, 0.25) is 0 Å². The Morgan fingerprint density at radius 2 is 1.34 bits per heavy atom. The maximum Gasteiger partial charge on any atom is 0.219 e. The molecule has 0 saturated carbocycles. The van der Waals surface area contributed by atoms with Crippen molar-refractivity contribution in [3.63, 3.8) is 0 Å². The molecule has 0 N–H and O–H groups in total. The van der Waals surface area contributed by atoms with Gasteiger partial charge in [-0.15, -0.1) is 0 Å². The summed E-state index contributed by atoms with van der Waals surface area (Å²) in [5.74, 6) is 0.0671. The highest BCUT2D eigenvalue weighted by Gasteiger charge is 2.25. The molecule has 8 rings (SSSR count). The third-order valence-electron chi connectivity index (χ3n) is 9.64. The van der Waals surface area contributed by atoms with Gasteiger partial charge in [0, 0.05) is 23.4 Å². The van der Waals surface area contributed by atoms with E-state index in [0.717, 1.165) is 5.35 Å². The number of rotatable bonds is 1. The second-order valence-corrected chi connectivity index (χ2v) is 13.3. The van der Waals surface area contributed by atoms with Gasteiger partial charge in [-0.05, 0) is 74.2 Å². The Bertz CT molecular complexity index is 2430. The number of benzene rings is 5. The van der Waals surface area contributed by atoms with E-state index in [1.807, 2.05) is 0 Å². The van der Waals surface area contributed by atoms with Crippen LogP contribution in [-0.4, -0.2) is 0 Å². The van der Waals surface area contributed by atoms with Crippen LogP contribution in [0.25, 0.3) is 61.3 Å². The number of pyridine rings is 1. The molecular weight excluding hydrogens is 530 g/mol. The van der Waals surface area contributed by atoms with E-state index in [1.165, 1.54) is 76.4 Å². The molecular formula is C43H36N+. The molecule has 0 radical (unpaired) electrons. The van der Waals surface area contributed by atoms with Crippen molar-refractivity contribution in [2.45, 2.75) is 39.0 Å². The first-order valence-electron chi connectivity index (χ1n) is 15.6. The highest BCUT2D eigenvalue weighted by atomic mass is 14.9. The molecule has 0 amide bonds. The molecule has 1 aliphatic rings. The molecule has 212 valence electrons. The van der Waals surface area contributed by atoms with Crippen molar-refractivity contribution in [3.05, 3.63) is 155 Å². The quantitative estimate of drug-likeness (QED) is 0.138. The van der Waals surface area contributed by atoms with Crippen molar-refractivity contribution in [1.29, 1.82) is 0 Å². The number of hydrogen-bond donors (Lipinski definition) is 0. The van der Waals surface area contributed by atoms with E-state index >= 15 is 0 Å². The minimum Gasteiger partial charge on any atom is -0.160 e. The average Bonchev–Trinajstić information content (AvgIpc) is 3.05. The van der Waals surface area contributed by atoms with Gasteiger partial charge >= 0.3 is 0 Å². The number of hydrogen-bond acceptors (Lipinski definition) is 0. The predicted octanol–water partition coefficient (Wildman–Crippen LogP) is 10.1. The molecule has 2 heterocycles. The third-order valence-corrected chi connectivity index (χ3v) is 9.64. The molecule has 0 spiro atoms. The summed E-state index contributed by atoms with van der Waals surface area (Å²) in [4.78, 5) is 0. The normalized spacial score (nSPS) is 18.2. The topological polar surface area (TPSA) is 4.10 Å². The largest absolute Gasteiger partial charge is 0.219 e. The predicted molar refractivity (Wildman–Crippen MR) is 189 cm³/mol. The summed E-state index contributed by atoms with van der Waals surface area (Å²) < 4.78 is 2.35. The maximum atomic E-state index is 4.93. The Balaban J connectivity index is 1.76. The standard InChI is InChI=1S/C43H36N/c1-27-12-8-6-11-15-35-34-22-20-30-16-17-31-18-19-32-21-23-36(38(27)29-13-9-7-10-14-29)39(41(32)42(31)40(30)35)28(2)44-25-24-33(26-37(34)44)43(3,4)5/h6-26,38H,2H2,1,3-5H3/q+1/b8-6-,15-11+,27-12+. The number of aromatic nitrogens is 1. The fourth-order valence-corrected chi connectivity index (χ4v) is 7.42. The van der Waals surface area contributed by atoms with Crippen molar-refractivity contribution >= 4 is 61.3 Å². The summed E-state index contributed by atoms with van der Waals surface area (Å²) >= 11 is 0. The van der Waals surface area contributed by atoms with Crippen LogP contribution in [-0.2, 0) is 5.41 Å². The smallest absolute Gasteiger partial charge is 0.160 e. The zero-order valence-electron chi connectivity index (χ0n) is 25.9. The van der Waals surface area contributed by atoms with Crippen LogP contribution in [0, 0.1) is 0 Å². The monoisotopic (exact) mass is 566 g/mol. The van der Waals surface area contributed by atoms with Gasteiger partial charge in [-0.2, -0.15) is 4.40 Å². The second kappa shape index (κ2) is 9.76. The minimum atomic E-state index is 0.00743. The van der Waals surface area contributed by atoms with Crippen LogP contribution in [0.4, 0.5) is 0 Å². The van der Waals surface area contributed by atoms with Gasteiger partial charge in [0.2, 0.25) is 10.9 Å². The minimum absolute atomic E-state index is 0.00743. The highest BCUT2D eigenvalue weighted by molar-refractivity contribution is 6.28. The highest BCUT2D eigenvalue weighted by Crippen LogP contribution is 2.42. The van der Waals surface area contributed by atoms with E-state index in [1.54, 1.807) is 0 Å². The summed E-state index contributed by atoms with van der Waals surface area (Å²) in [6.45, 7) is 14.1. The van der Waals surface area contributed by atoms with Gasteiger partial charge in [0.1, 0.15) is 0 Å². The summed E-state index contributed by atoms with van der Waals surface area (Å²) in [5.41, 5.74) is 7.58. The van der Waals surface area contributed by atoms with Gasteiger partial charge in [-0.1, -0.05) is 130 Å². The van der Waals surface area contributed by atoms with E-state index in [0.29, 0.717) is 0 Å². The van der Waals surface area contributed by atoms with Crippen LogP contribution in [0.15, 0.2) is 127 Å². The Labute approximate surface area is 258 Å². The Morgan fingerprint density at radius 1 is 0.682 bits per heavy atom. The molecule has 0 aliphatic heterocycles. The van der Waals surface area contributed by atoms with Crippen LogP contribution >= 0.6 is 0 Å². The van der Waals surface area contributed by atoms with Crippen LogP contribution in [0.5, 0.6) is 0 Å². The molecule has 1 heteroatoms. The van der Waals surface area contributed by atoms with E-state index in [-0.39, 0.29) is 11.3 Å². The SMILES string of the molecule is C=c1c2c3ccc4ccc5ccc6ccc(c(c6c5c42)/C=C/C=C\C=C(/C)C3c2ccccc2)c2cc(C(C)(C)C)cc[n+]12. The van der Waals surface area contributed by atoms with Gasteiger partial charge in [-0.25, -0.2) is 0 Å². The van der Waals surface area contributed by atoms with E-state index in [2.05, 4.69) is 160 Å². The molecule has 1 unspecified atom stereocenters. The third kappa shape index (κ3) is 3.96. The number of fused-ring (bicyclic) bond motifs is 2. The first kappa shape index (κ1) is 26.6. The fourth-order valence-electron chi connectivity index (χ4n) is 7.42. The van der Waals surface area contributed by atoms with Gasteiger partial charge in [0.15, 0.2) is 6.20 Å². The first-order valence-corrected chi connectivity index (χ1v) is 15.6.